The number of hydrogen-bond acceptors (Lipinski definition) is 3. The van der Waals surface area contributed by atoms with E-state index in [-0.39, 0.29) is 11.8 Å². The van der Waals surface area contributed by atoms with Gasteiger partial charge < -0.3 is 0 Å². The molecule has 1 heterocycles. The summed E-state index contributed by atoms with van der Waals surface area (Å²) in [4.78, 5) is 16.7. The molecule has 23 heavy (non-hydrogen) atoms. The van der Waals surface area contributed by atoms with Gasteiger partial charge in [0.2, 0.25) is 0 Å². The molecule has 5 heteroatoms. The molecule has 3 rings (SSSR count). The minimum Gasteiger partial charge on any atom is -0.267 e. The van der Waals surface area contributed by atoms with Crippen molar-refractivity contribution in [1.82, 2.24) is 10.4 Å². The van der Waals surface area contributed by atoms with E-state index < -0.39 is 0 Å². The molecule has 1 fully saturated rings. The van der Waals surface area contributed by atoms with Crippen LogP contribution in [-0.2, 0) is 0 Å². The minimum absolute atomic E-state index is 0.177. The van der Waals surface area contributed by atoms with Gasteiger partial charge in [-0.15, -0.1) is 0 Å². The second-order valence-corrected chi connectivity index (χ2v) is 5.98. The predicted octanol–water partition coefficient (Wildman–Crippen LogP) is 4.18. The molecule has 1 amide bonds. The summed E-state index contributed by atoms with van der Waals surface area (Å²) in [6, 6.07) is 12.9. The SMILES string of the molecule is O=C(N/N=C1\CCCCC1c1ccccn1)c1ccccc1Cl. The quantitative estimate of drug-likeness (QED) is 0.860. The van der Waals surface area contributed by atoms with E-state index >= 15 is 0 Å². The van der Waals surface area contributed by atoms with Crippen molar-refractivity contribution in [3.8, 4) is 0 Å². The number of hydrazone groups is 1. The minimum atomic E-state index is -0.284. The molecule has 0 aliphatic heterocycles. The Balaban J connectivity index is 1.77. The van der Waals surface area contributed by atoms with Gasteiger partial charge in [-0.25, -0.2) is 5.43 Å². The van der Waals surface area contributed by atoms with Crippen molar-refractivity contribution in [3.05, 3.63) is 64.9 Å². The summed E-state index contributed by atoms with van der Waals surface area (Å²) in [7, 11) is 0. The van der Waals surface area contributed by atoms with Crippen LogP contribution in [0.15, 0.2) is 53.8 Å². The van der Waals surface area contributed by atoms with Gasteiger partial charge in [0.1, 0.15) is 0 Å². The van der Waals surface area contributed by atoms with Gasteiger partial charge in [0.25, 0.3) is 5.91 Å². The number of carbonyl (C=O) groups is 1. The van der Waals surface area contributed by atoms with E-state index in [1.165, 1.54) is 0 Å². The topological polar surface area (TPSA) is 54.4 Å². The van der Waals surface area contributed by atoms with Gasteiger partial charge in [0.15, 0.2) is 0 Å². The average molecular weight is 328 g/mol. The fourth-order valence-electron chi connectivity index (χ4n) is 2.86. The number of benzene rings is 1. The Hall–Kier alpha value is -2.20. The first-order valence-corrected chi connectivity index (χ1v) is 8.16. The van der Waals surface area contributed by atoms with Crippen molar-refractivity contribution in [2.24, 2.45) is 5.10 Å². The number of pyridine rings is 1. The predicted molar refractivity (Wildman–Crippen MR) is 91.8 cm³/mol. The zero-order valence-electron chi connectivity index (χ0n) is 12.7. The lowest BCUT2D eigenvalue weighted by Crippen LogP contribution is -2.25. The van der Waals surface area contributed by atoms with Crippen molar-refractivity contribution in [3.63, 3.8) is 0 Å². The maximum absolute atomic E-state index is 12.2. The molecule has 118 valence electrons. The Labute approximate surface area is 140 Å². The van der Waals surface area contributed by atoms with Crippen LogP contribution in [0.3, 0.4) is 0 Å². The number of amides is 1. The first-order valence-electron chi connectivity index (χ1n) is 7.78. The molecule has 1 aliphatic rings. The van der Waals surface area contributed by atoms with Crippen LogP contribution in [0, 0.1) is 0 Å². The number of halogens is 1. The molecule has 1 unspecified atom stereocenters. The van der Waals surface area contributed by atoms with Gasteiger partial charge >= 0.3 is 0 Å². The molecular formula is C18H18ClN3O. The number of carbonyl (C=O) groups excluding carboxylic acids is 1. The lowest BCUT2D eigenvalue weighted by atomic mass is 9.85. The Morgan fingerprint density at radius 3 is 2.78 bits per heavy atom. The van der Waals surface area contributed by atoms with Gasteiger partial charge in [-0.2, -0.15) is 5.10 Å². The monoisotopic (exact) mass is 327 g/mol. The fourth-order valence-corrected chi connectivity index (χ4v) is 3.08. The summed E-state index contributed by atoms with van der Waals surface area (Å²) in [5.74, 6) is -0.107. The molecule has 0 radical (unpaired) electrons. The van der Waals surface area contributed by atoms with Gasteiger partial charge in [-0.3, -0.25) is 9.78 Å². The standard InChI is InChI=1S/C18H18ClN3O/c19-15-9-3-1-7-13(15)18(23)22-21-17-11-4-2-8-14(17)16-10-5-6-12-20-16/h1,3,5-7,9-10,12,14H,2,4,8,11H2,(H,22,23)/b21-17+. The van der Waals surface area contributed by atoms with Crippen LogP contribution in [-0.4, -0.2) is 16.6 Å². The zero-order chi connectivity index (χ0) is 16.1. The zero-order valence-corrected chi connectivity index (χ0v) is 13.5. The number of hydrogen-bond donors (Lipinski definition) is 1. The van der Waals surface area contributed by atoms with Crippen molar-refractivity contribution in [2.75, 3.05) is 0 Å². The number of aromatic nitrogens is 1. The first kappa shape index (κ1) is 15.7. The van der Waals surface area contributed by atoms with Crippen molar-refractivity contribution < 1.29 is 4.79 Å². The molecule has 4 nitrogen and oxygen atoms in total. The molecule has 1 N–H and O–H groups in total. The molecule has 1 atom stereocenters. The summed E-state index contributed by atoms with van der Waals surface area (Å²) in [5, 5.41) is 4.80. The van der Waals surface area contributed by atoms with Crippen LogP contribution < -0.4 is 5.43 Å². The smallest absolute Gasteiger partial charge is 0.267 e. The number of nitrogens with one attached hydrogen (secondary N) is 1. The molecule has 2 aromatic rings. The molecule has 0 saturated heterocycles. The van der Waals surface area contributed by atoms with Crippen molar-refractivity contribution in [1.29, 1.82) is 0 Å². The third-order valence-corrected chi connectivity index (χ3v) is 4.37. The molecule has 1 aliphatic carbocycles. The van der Waals surface area contributed by atoms with E-state index in [0.717, 1.165) is 37.1 Å². The second kappa shape index (κ2) is 7.38. The maximum atomic E-state index is 12.2. The van der Waals surface area contributed by atoms with Crippen LogP contribution in [0.5, 0.6) is 0 Å². The van der Waals surface area contributed by atoms with Gasteiger partial charge in [-0.1, -0.05) is 36.2 Å². The van der Waals surface area contributed by atoms with Crippen molar-refractivity contribution in [2.45, 2.75) is 31.6 Å². The molecular weight excluding hydrogens is 310 g/mol. The lowest BCUT2D eigenvalue weighted by Gasteiger charge is -2.23. The molecule has 0 bridgehead atoms. The molecule has 1 aromatic heterocycles. The van der Waals surface area contributed by atoms with Crippen LogP contribution >= 0.6 is 11.6 Å². The summed E-state index contributed by atoms with van der Waals surface area (Å²) >= 11 is 6.05. The highest BCUT2D eigenvalue weighted by Gasteiger charge is 2.23. The van der Waals surface area contributed by atoms with E-state index in [0.29, 0.717) is 10.6 Å². The summed E-state index contributed by atoms with van der Waals surface area (Å²) in [5.41, 5.74) is 5.07. The third-order valence-electron chi connectivity index (χ3n) is 4.04. The summed E-state index contributed by atoms with van der Waals surface area (Å²) in [6.07, 6.45) is 5.93. The van der Waals surface area contributed by atoms with Crippen LogP contribution in [0.25, 0.3) is 0 Å². The highest BCUT2D eigenvalue weighted by Crippen LogP contribution is 2.29. The summed E-state index contributed by atoms with van der Waals surface area (Å²) in [6.45, 7) is 0. The van der Waals surface area contributed by atoms with Gasteiger partial charge in [0.05, 0.1) is 10.6 Å². The van der Waals surface area contributed by atoms with E-state index in [1.54, 1.807) is 30.5 Å². The molecule has 1 saturated carbocycles. The fraction of sp³-hybridized carbons (Fsp3) is 0.278. The van der Waals surface area contributed by atoms with Gasteiger partial charge in [0, 0.05) is 23.5 Å². The number of rotatable bonds is 3. The highest BCUT2D eigenvalue weighted by molar-refractivity contribution is 6.33. The first-order chi connectivity index (χ1) is 11.3. The Kier molecular flexibility index (Phi) is 5.03. The van der Waals surface area contributed by atoms with Crippen LogP contribution in [0.1, 0.15) is 47.7 Å². The van der Waals surface area contributed by atoms with E-state index in [1.807, 2.05) is 18.2 Å². The van der Waals surface area contributed by atoms with E-state index in [9.17, 15) is 4.79 Å². The maximum Gasteiger partial charge on any atom is 0.272 e. The van der Waals surface area contributed by atoms with E-state index in [2.05, 4.69) is 15.5 Å². The Bertz CT molecular complexity index is 715. The van der Waals surface area contributed by atoms with E-state index in [4.69, 9.17) is 11.6 Å². The molecule has 1 aromatic carbocycles. The Morgan fingerprint density at radius 1 is 1.17 bits per heavy atom. The van der Waals surface area contributed by atoms with Crippen LogP contribution in [0.2, 0.25) is 5.02 Å². The normalized spacial score (nSPS) is 19.5. The molecule has 0 spiro atoms. The third kappa shape index (κ3) is 3.77. The number of nitrogens with zero attached hydrogens (tertiary/aromatic N) is 2. The Morgan fingerprint density at radius 2 is 2.00 bits per heavy atom. The summed E-state index contributed by atoms with van der Waals surface area (Å²) < 4.78 is 0. The second-order valence-electron chi connectivity index (χ2n) is 5.58. The highest BCUT2D eigenvalue weighted by atomic mass is 35.5. The van der Waals surface area contributed by atoms with Crippen LogP contribution in [0.4, 0.5) is 0 Å². The largest absolute Gasteiger partial charge is 0.272 e. The van der Waals surface area contributed by atoms with Crippen molar-refractivity contribution >= 4 is 23.2 Å². The van der Waals surface area contributed by atoms with Gasteiger partial charge in [-0.05, 0) is 43.5 Å². The average Bonchev–Trinajstić information content (AvgIpc) is 2.61. The lowest BCUT2D eigenvalue weighted by molar-refractivity contribution is 0.0954.